The molecule has 0 aliphatic rings. The average molecular weight is 295 g/mol. The van der Waals surface area contributed by atoms with Crippen LogP contribution in [0.15, 0.2) is 35.0 Å². The van der Waals surface area contributed by atoms with Gasteiger partial charge in [0, 0.05) is 4.83 Å². The number of benzene rings is 1. The number of hydrogen-bond donors (Lipinski definition) is 0. The first kappa shape index (κ1) is 11.9. The van der Waals surface area contributed by atoms with Crippen molar-refractivity contribution in [1.29, 1.82) is 0 Å². The highest BCUT2D eigenvalue weighted by molar-refractivity contribution is 9.09. The Bertz CT molecular complexity index is 473. The predicted octanol–water partition coefficient (Wildman–Crippen LogP) is 5.04. The third kappa shape index (κ3) is 2.74. The molecule has 0 nitrogen and oxygen atoms in total. The second-order valence-corrected chi connectivity index (χ2v) is 6.02. The second-order valence-electron chi connectivity index (χ2n) is 4.17. The molecule has 1 aromatic heterocycles. The maximum Gasteiger partial charge on any atom is 0.0446 e. The van der Waals surface area contributed by atoms with Gasteiger partial charge in [-0.2, -0.15) is 11.3 Å². The fourth-order valence-electron chi connectivity index (χ4n) is 1.85. The summed E-state index contributed by atoms with van der Waals surface area (Å²) in [7, 11) is 0. The smallest absolute Gasteiger partial charge is 0.0446 e. The van der Waals surface area contributed by atoms with Gasteiger partial charge in [0.2, 0.25) is 0 Å². The van der Waals surface area contributed by atoms with Crippen molar-refractivity contribution in [3.63, 3.8) is 0 Å². The molecule has 1 heterocycles. The van der Waals surface area contributed by atoms with E-state index in [0.29, 0.717) is 4.83 Å². The van der Waals surface area contributed by atoms with Crippen LogP contribution in [0.1, 0.15) is 27.1 Å². The van der Waals surface area contributed by atoms with Crippen LogP contribution in [-0.2, 0) is 6.42 Å². The molecule has 0 fully saturated rings. The molecule has 0 aliphatic heterocycles. The number of halogens is 1. The molecule has 0 aliphatic carbocycles. The molecular formula is C14H15BrS. The Balaban J connectivity index is 2.14. The molecule has 84 valence electrons. The van der Waals surface area contributed by atoms with E-state index in [4.69, 9.17) is 0 Å². The highest BCUT2D eigenvalue weighted by Crippen LogP contribution is 2.31. The molecule has 1 atom stereocenters. The van der Waals surface area contributed by atoms with Crippen LogP contribution < -0.4 is 0 Å². The summed E-state index contributed by atoms with van der Waals surface area (Å²) in [5, 5.41) is 4.45. The Morgan fingerprint density at radius 2 is 2.06 bits per heavy atom. The van der Waals surface area contributed by atoms with E-state index in [0.717, 1.165) is 6.42 Å². The minimum absolute atomic E-state index is 0.431. The van der Waals surface area contributed by atoms with Crippen molar-refractivity contribution in [2.45, 2.75) is 25.1 Å². The van der Waals surface area contributed by atoms with Crippen molar-refractivity contribution >= 4 is 27.3 Å². The molecular weight excluding hydrogens is 280 g/mol. The van der Waals surface area contributed by atoms with Gasteiger partial charge in [-0.15, -0.1) is 0 Å². The van der Waals surface area contributed by atoms with E-state index in [1.54, 1.807) is 11.3 Å². The van der Waals surface area contributed by atoms with E-state index in [1.165, 1.54) is 22.3 Å². The lowest BCUT2D eigenvalue weighted by molar-refractivity contribution is 0.943. The Morgan fingerprint density at radius 1 is 1.25 bits per heavy atom. The van der Waals surface area contributed by atoms with Crippen molar-refractivity contribution in [2.75, 3.05) is 0 Å². The number of rotatable bonds is 3. The quantitative estimate of drug-likeness (QED) is 0.696. The van der Waals surface area contributed by atoms with Gasteiger partial charge in [-0.25, -0.2) is 0 Å². The van der Waals surface area contributed by atoms with Crippen LogP contribution in [0.4, 0.5) is 0 Å². The zero-order chi connectivity index (χ0) is 11.5. The zero-order valence-electron chi connectivity index (χ0n) is 9.53. The average Bonchev–Trinajstić information content (AvgIpc) is 2.64. The molecule has 0 radical (unpaired) electrons. The van der Waals surface area contributed by atoms with Gasteiger partial charge in [-0.05, 0) is 47.7 Å². The second kappa shape index (κ2) is 5.15. The Morgan fingerprint density at radius 3 is 2.69 bits per heavy atom. The summed E-state index contributed by atoms with van der Waals surface area (Å²) in [6, 6.07) is 8.73. The molecule has 0 saturated heterocycles. The number of alkyl halides is 1. The summed E-state index contributed by atoms with van der Waals surface area (Å²) in [5.41, 5.74) is 5.54. The maximum atomic E-state index is 3.78. The predicted molar refractivity (Wildman–Crippen MR) is 75.6 cm³/mol. The Labute approximate surface area is 109 Å². The lowest BCUT2D eigenvalue weighted by atomic mass is 10.0. The van der Waals surface area contributed by atoms with Gasteiger partial charge in [0.05, 0.1) is 0 Å². The lowest BCUT2D eigenvalue weighted by Crippen LogP contribution is -1.95. The van der Waals surface area contributed by atoms with Gasteiger partial charge >= 0.3 is 0 Å². The molecule has 0 N–H and O–H groups in total. The van der Waals surface area contributed by atoms with Gasteiger partial charge in [0.15, 0.2) is 0 Å². The topological polar surface area (TPSA) is 0 Å². The molecule has 1 aromatic carbocycles. The number of hydrogen-bond acceptors (Lipinski definition) is 1. The first-order valence-electron chi connectivity index (χ1n) is 5.39. The van der Waals surface area contributed by atoms with Crippen LogP contribution in [-0.4, -0.2) is 0 Å². The van der Waals surface area contributed by atoms with Gasteiger partial charge in [-0.1, -0.05) is 45.8 Å². The Kier molecular flexibility index (Phi) is 3.82. The molecule has 0 saturated carbocycles. The van der Waals surface area contributed by atoms with Crippen LogP contribution in [0.5, 0.6) is 0 Å². The highest BCUT2D eigenvalue weighted by atomic mass is 79.9. The van der Waals surface area contributed by atoms with Crippen LogP contribution in [0, 0.1) is 13.8 Å². The third-order valence-electron chi connectivity index (χ3n) is 2.73. The molecule has 1 unspecified atom stereocenters. The van der Waals surface area contributed by atoms with Crippen molar-refractivity contribution in [2.24, 2.45) is 0 Å². The van der Waals surface area contributed by atoms with Crippen LogP contribution >= 0.6 is 27.3 Å². The van der Waals surface area contributed by atoms with E-state index < -0.39 is 0 Å². The SMILES string of the molecule is Cc1cccc(CC(Br)c2cscc2C)c1. The van der Waals surface area contributed by atoms with E-state index in [-0.39, 0.29) is 0 Å². The molecule has 2 heteroatoms. The largest absolute Gasteiger partial charge is 0.152 e. The van der Waals surface area contributed by atoms with E-state index in [9.17, 15) is 0 Å². The first-order chi connectivity index (χ1) is 7.66. The van der Waals surface area contributed by atoms with Crippen molar-refractivity contribution in [3.05, 3.63) is 57.3 Å². The van der Waals surface area contributed by atoms with Gasteiger partial charge in [0.1, 0.15) is 0 Å². The zero-order valence-corrected chi connectivity index (χ0v) is 11.9. The first-order valence-corrected chi connectivity index (χ1v) is 7.25. The fraction of sp³-hybridized carbons (Fsp3) is 0.286. The normalized spacial score (nSPS) is 12.7. The fourth-order valence-corrected chi connectivity index (χ4v) is 3.79. The van der Waals surface area contributed by atoms with E-state index in [1.807, 2.05) is 0 Å². The Hall–Kier alpha value is -0.600. The summed E-state index contributed by atoms with van der Waals surface area (Å²) in [6.45, 7) is 4.32. The number of thiophene rings is 1. The summed E-state index contributed by atoms with van der Waals surface area (Å²) in [5.74, 6) is 0. The van der Waals surface area contributed by atoms with E-state index >= 15 is 0 Å². The lowest BCUT2D eigenvalue weighted by Gasteiger charge is -2.10. The molecule has 2 aromatic rings. The summed E-state index contributed by atoms with van der Waals surface area (Å²) < 4.78 is 0. The molecule has 0 bridgehead atoms. The van der Waals surface area contributed by atoms with Gasteiger partial charge < -0.3 is 0 Å². The summed E-state index contributed by atoms with van der Waals surface area (Å²) in [4.78, 5) is 0.431. The third-order valence-corrected chi connectivity index (χ3v) is 4.43. The standard InChI is InChI=1S/C14H15BrS/c1-10-4-3-5-12(6-10)7-14(15)13-9-16-8-11(13)2/h3-6,8-9,14H,7H2,1-2H3. The van der Waals surface area contributed by atoms with Crippen LogP contribution in [0.2, 0.25) is 0 Å². The summed E-state index contributed by atoms with van der Waals surface area (Å²) >= 11 is 5.56. The van der Waals surface area contributed by atoms with Crippen LogP contribution in [0.25, 0.3) is 0 Å². The van der Waals surface area contributed by atoms with Crippen molar-refractivity contribution in [3.8, 4) is 0 Å². The molecule has 0 spiro atoms. The van der Waals surface area contributed by atoms with Crippen LogP contribution in [0.3, 0.4) is 0 Å². The minimum Gasteiger partial charge on any atom is -0.152 e. The molecule has 2 rings (SSSR count). The highest BCUT2D eigenvalue weighted by Gasteiger charge is 2.11. The molecule has 16 heavy (non-hydrogen) atoms. The van der Waals surface area contributed by atoms with Crippen molar-refractivity contribution < 1.29 is 0 Å². The van der Waals surface area contributed by atoms with Gasteiger partial charge in [-0.3, -0.25) is 0 Å². The van der Waals surface area contributed by atoms with E-state index in [2.05, 4.69) is 64.8 Å². The molecule has 0 amide bonds. The van der Waals surface area contributed by atoms with Crippen molar-refractivity contribution in [1.82, 2.24) is 0 Å². The maximum absolute atomic E-state index is 3.78. The summed E-state index contributed by atoms with van der Waals surface area (Å²) in [6.07, 6.45) is 1.05. The monoisotopic (exact) mass is 294 g/mol. The van der Waals surface area contributed by atoms with Gasteiger partial charge in [0.25, 0.3) is 0 Å². The number of aryl methyl sites for hydroxylation is 2. The minimum atomic E-state index is 0.431.